The minimum Gasteiger partial charge on any atom is -0.271 e. The van der Waals surface area contributed by atoms with Crippen molar-refractivity contribution in [3.05, 3.63) is 22.5 Å². The first-order valence-electron chi connectivity index (χ1n) is 4.77. The molecule has 0 aromatic carbocycles. The van der Waals surface area contributed by atoms with E-state index in [1.165, 1.54) is 15.9 Å². The van der Waals surface area contributed by atoms with Gasteiger partial charge in [0.25, 0.3) is 5.91 Å². The second kappa shape index (κ2) is 4.27. The topological polar surface area (TPSA) is 90.5 Å². The van der Waals surface area contributed by atoms with Crippen LogP contribution in [0, 0.1) is 10.1 Å². The van der Waals surface area contributed by atoms with Crippen molar-refractivity contribution in [2.24, 2.45) is 0 Å². The van der Waals surface area contributed by atoms with Crippen LogP contribution in [-0.4, -0.2) is 38.8 Å². The second-order valence-corrected chi connectivity index (χ2v) is 3.34. The Labute approximate surface area is 90.5 Å². The summed E-state index contributed by atoms with van der Waals surface area (Å²) in [4.78, 5) is 26.4. The predicted molar refractivity (Wildman–Crippen MR) is 51.2 cm³/mol. The number of rotatable bonds is 3. The first kappa shape index (κ1) is 10.6. The molecule has 0 N–H and O–H groups in total. The van der Waals surface area contributed by atoms with E-state index in [4.69, 9.17) is 4.84 Å². The normalized spacial score (nSPS) is 15.4. The van der Waals surface area contributed by atoms with E-state index in [1.54, 1.807) is 0 Å². The van der Waals surface area contributed by atoms with Crippen LogP contribution in [0.15, 0.2) is 12.4 Å². The zero-order valence-electron chi connectivity index (χ0n) is 8.40. The van der Waals surface area contributed by atoms with Crippen molar-refractivity contribution in [2.75, 3.05) is 13.2 Å². The van der Waals surface area contributed by atoms with Gasteiger partial charge in [0.05, 0.1) is 18.1 Å². The predicted octanol–water partition coefficient (Wildman–Crippen LogP) is -0.0448. The average molecular weight is 226 g/mol. The van der Waals surface area contributed by atoms with E-state index in [1.807, 2.05) is 0 Å². The molecule has 8 heteroatoms. The van der Waals surface area contributed by atoms with Crippen molar-refractivity contribution in [2.45, 2.75) is 13.0 Å². The first-order valence-corrected chi connectivity index (χ1v) is 4.77. The standard InChI is InChI=1S/C8H10N4O4/c13-8(11-2-1-3-16-11)6-10-5-7(4-9-10)12(14)15/h4-5H,1-3,6H2. The third-order valence-corrected chi connectivity index (χ3v) is 2.16. The molecule has 8 nitrogen and oxygen atoms in total. The molecule has 0 radical (unpaired) electrons. The van der Waals surface area contributed by atoms with Gasteiger partial charge in [-0.2, -0.15) is 5.10 Å². The van der Waals surface area contributed by atoms with Gasteiger partial charge in [-0.3, -0.25) is 24.4 Å². The van der Waals surface area contributed by atoms with Gasteiger partial charge in [-0.15, -0.1) is 0 Å². The molecule has 1 aromatic rings. The third-order valence-electron chi connectivity index (χ3n) is 2.16. The summed E-state index contributed by atoms with van der Waals surface area (Å²) in [6, 6.07) is 0. The number of aromatic nitrogens is 2. The molecular formula is C8H10N4O4. The molecule has 0 spiro atoms. The van der Waals surface area contributed by atoms with E-state index >= 15 is 0 Å². The smallest absolute Gasteiger partial charge is 0.271 e. The van der Waals surface area contributed by atoms with Crippen LogP contribution in [0.1, 0.15) is 6.42 Å². The van der Waals surface area contributed by atoms with Crippen molar-refractivity contribution >= 4 is 11.6 Å². The fraction of sp³-hybridized carbons (Fsp3) is 0.500. The molecule has 0 saturated carbocycles. The number of hydrogen-bond donors (Lipinski definition) is 0. The summed E-state index contributed by atoms with van der Waals surface area (Å²) >= 11 is 0. The lowest BCUT2D eigenvalue weighted by molar-refractivity contribution is -0.385. The summed E-state index contributed by atoms with van der Waals surface area (Å²) in [7, 11) is 0. The molecule has 1 amide bonds. The first-order chi connectivity index (χ1) is 7.66. The summed E-state index contributed by atoms with van der Waals surface area (Å²) in [5.74, 6) is -0.254. The molecule has 16 heavy (non-hydrogen) atoms. The molecule has 1 saturated heterocycles. The Morgan fingerprint density at radius 3 is 3.06 bits per heavy atom. The fourth-order valence-electron chi connectivity index (χ4n) is 1.40. The average Bonchev–Trinajstić information content (AvgIpc) is 2.87. The highest BCUT2D eigenvalue weighted by Crippen LogP contribution is 2.09. The largest absolute Gasteiger partial charge is 0.307 e. The molecule has 0 unspecified atom stereocenters. The highest BCUT2D eigenvalue weighted by Gasteiger charge is 2.20. The fourth-order valence-corrected chi connectivity index (χ4v) is 1.40. The molecule has 86 valence electrons. The summed E-state index contributed by atoms with van der Waals surface area (Å²) in [6.07, 6.45) is 3.14. The van der Waals surface area contributed by atoms with Crippen LogP contribution in [0.3, 0.4) is 0 Å². The zero-order chi connectivity index (χ0) is 11.5. The Balaban J connectivity index is 1.97. The Morgan fingerprint density at radius 1 is 1.69 bits per heavy atom. The molecule has 0 bridgehead atoms. The van der Waals surface area contributed by atoms with Gasteiger partial charge in [0.2, 0.25) is 0 Å². The number of hydroxylamine groups is 2. The number of carbonyl (C=O) groups is 1. The van der Waals surface area contributed by atoms with Gasteiger partial charge in [0, 0.05) is 0 Å². The van der Waals surface area contributed by atoms with Gasteiger partial charge in [-0.1, -0.05) is 0 Å². The second-order valence-electron chi connectivity index (χ2n) is 3.34. The molecular weight excluding hydrogens is 216 g/mol. The van der Waals surface area contributed by atoms with Gasteiger partial charge in [0.15, 0.2) is 0 Å². The van der Waals surface area contributed by atoms with E-state index < -0.39 is 4.92 Å². The molecule has 2 rings (SSSR count). The van der Waals surface area contributed by atoms with E-state index in [-0.39, 0.29) is 18.1 Å². The quantitative estimate of drug-likeness (QED) is 0.532. The van der Waals surface area contributed by atoms with Gasteiger partial charge >= 0.3 is 5.69 Å². The summed E-state index contributed by atoms with van der Waals surface area (Å²) in [5, 5.41) is 15.4. The van der Waals surface area contributed by atoms with Crippen molar-refractivity contribution in [1.29, 1.82) is 0 Å². The number of nitro groups is 1. The third kappa shape index (κ3) is 2.16. The van der Waals surface area contributed by atoms with Crippen LogP contribution in [0.4, 0.5) is 5.69 Å². The minimum atomic E-state index is -0.555. The lowest BCUT2D eigenvalue weighted by Crippen LogP contribution is -2.30. The Hall–Kier alpha value is -1.96. The van der Waals surface area contributed by atoms with E-state index in [2.05, 4.69) is 5.10 Å². The van der Waals surface area contributed by atoms with Crippen LogP contribution in [0.2, 0.25) is 0 Å². The number of carbonyl (C=O) groups excluding carboxylic acids is 1. The molecule has 1 aliphatic heterocycles. The lowest BCUT2D eigenvalue weighted by atomic mass is 10.4. The number of hydrogen-bond acceptors (Lipinski definition) is 5. The van der Waals surface area contributed by atoms with Crippen LogP contribution in [0.25, 0.3) is 0 Å². The molecule has 1 aromatic heterocycles. The van der Waals surface area contributed by atoms with E-state index in [0.29, 0.717) is 13.2 Å². The molecule has 1 aliphatic rings. The van der Waals surface area contributed by atoms with Gasteiger partial charge in [-0.05, 0) is 6.42 Å². The van der Waals surface area contributed by atoms with Crippen molar-refractivity contribution < 1.29 is 14.6 Å². The Morgan fingerprint density at radius 2 is 2.50 bits per heavy atom. The van der Waals surface area contributed by atoms with E-state index in [0.717, 1.165) is 12.6 Å². The maximum absolute atomic E-state index is 11.6. The van der Waals surface area contributed by atoms with Crippen molar-refractivity contribution in [3.63, 3.8) is 0 Å². The zero-order valence-corrected chi connectivity index (χ0v) is 8.40. The summed E-state index contributed by atoms with van der Waals surface area (Å²) in [5.41, 5.74) is -0.129. The van der Waals surface area contributed by atoms with Crippen molar-refractivity contribution in [3.8, 4) is 0 Å². The number of amides is 1. The van der Waals surface area contributed by atoms with Crippen molar-refractivity contribution in [1.82, 2.24) is 14.8 Å². The molecule has 0 atom stereocenters. The summed E-state index contributed by atoms with van der Waals surface area (Å²) < 4.78 is 1.22. The number of nitrogens with zero attached hydrogens (tertiary/aromatic N) is 4. The van der Waals surface area contributed by atoms with Crippen LogP contribution in [0.5, 0.6) is 0 Å². The van der Waals surface area contributed by atoms with Gasteiger partial charge in [0.1, 0.15) is 18.9 Å². The van der Waals surface area contributed by atoms with Gasteiger partial charge in [-0.25, -0.2) is 5.06 Å². The minimum absolute atomic E-state index is 0.0478. The highest BCUT2D eigenvalue weighted by molar-refractivity contribution is 5.75. The molecule has 1 fully saturated rings. The maximum atomic E-state index is 11.6. The van der Waals surface area contributed by atoms with Crippen LogP contribution < -0.4 is 0 Å². The molecule has 0 aliphatic carbocycles. The monoisotopic (exact) mass is 226 g/mol. The summed E-state index contributed by atoms with van der Waals surface area (Å²) in [6.45, 7) is 1.04. The van der Waals surface area contributed by atoms with Crippen LogP contribution >= 0.6 is 0 Å². The molecule has 2 heterocycles. The van der Waals surface area contributed by atoms with E-state index in [9.17, 15) is 14.9 Å². The van der Waals surface area contributed by atoms with Gasteiger partial charge < -0.3 is 0 Å². The maximum Gasteiger partial charge on any atom is 0.307 e. The lowest BCUT2D eigenvalue weighted by Gasteiger charge is -2.12. The SMILES string of the molecule is O=C(Cn1cc([N+](=O)[O-])cn1)N1CCCO1. The highest BCUT2D eigenvalue weighted by atomic mass is 16.7. The Bertz CT molecular complexity index is 410. The van der Waals surface area contributed by atoms with Crippen LogP contribution in [-0.2, 0) is 16.2 Å². The Kier molecular flexibility index (Phi) is 2.82.